The van der Waals surface area contributed by atoms with E-state index in [-0.39, 0.29) is 12.0 Å². The molecule has 5 heteroatoms. The van der Waals surface area contributed by atoms with Crippen LogP contribution in [0.25, 0.3) is 0 Å². The standard InChI is InChI=1S/C13H23N3O2/c1-4-6-14-11(5-2)13-16-15-12(18-13)10-7-9(3)17-8-10/h9-11,14H,4-8H2,1-3H3. The molecule has 1 aromatic rings. The lowest BCUT2D eigenvalue weighted by molar-refractivity contribution is 0.122. The second kappa shape index (κ2) is 6.29. The fourth-order valence-corrected chi connectivity index (χ4v) is 2.27. The minimum absolute atomic E-state index is 0.172. The Kier molecular flexibility index (Phi) is 4.72. The van der Waals surface area contributed by atoms with Gasteiger partial charge in [-0.25, -0.2) is 0 Å². The number of nitrogens with zero attached hydrogens (tertiary/aromatic N) is 2. The van der Waals surface area contributed by atoms with E-state index >= 15 is 0 Å². The Bertz CT molecular complexity index is 367. The van der Waals surface area contributed by atoms with Crippen LogP contribution in [0.3, 0.4) is 0 Å². The van der Waals surface area contributed by atoms with Crippen LogP contribution >= 0.6 is 0 Å². The van der Waals surface area contributed by atoms with Gasteiger partial charge in [0.1, 0.15) is 0 Å². The first kappa shape index (κ1) is 13.5. The van der Waals surface area contributed by atoms with Gasteiger partial charge in [0.2, 0.25) is 11.8 Å². The van der Waals surface area contributed by atoms with Gasteiger partial charge in [-0.2, -0.15) is 0 Å². The summed E-state index contributed by atoms with van der Waals surface area (Å²) in [4.78, 5) is 0. The highest BCUT2D eigenvalue weighted by atomic mass is 16.5. The zero-order valence-electron chi connectivity index (χ0n) is 11.5. The van der Waals surface area contributed by atoms with Gasteiger partial charge in [-0.05, 0) is 32.7 Å². The van der Waals surface area contributed by atoms with E-state index in [1.54, 1.807) is 0 Å². The monoisotopic (exact) mass is 253 g/mol. The van der Waals surface area contributed by atoms with E-state index in [4.69, 9.17) is 9.15 Å². The number of ether oxygens (including phenoxy) is 1. The van der Waals surface area contributed by atoms with Crippen LogP contribution in [0, 0.1) is 0 Å². The molecule has 0 saturated carbocycles. The van der Waals surface area contributed by atoms with Crippen LogP contribution in [-0.4, -0.2) is 29.5 Å². The van der Waals surface area contributed by atoms with Crippen LogP contribution in [0.4, 0.5) is 0 Å². The largest absolute Gasteiger partial charge is 0.423 e. The molecular formula is C13H23N3O2. The van der Waals surface area contributed by atoms with E-state index in [9.17, 15) is 0 Å². The Morgan fingerprint density at radius 3 is 2.83 bits per heavy atom. The van der Waals surface area contributed by atoms with Crippen molar-refractivity contribution in [2.24, 2.45) is 0 Å². The average molecular weight is 253 g/mol. The predicted octanol–water partition coefficient (Wildman–Crippen LogP) is 2.41. The van der Waals surface area contributed by atoms with Gasteiger partial charge in [0.05, 0.1) is 24.7 Å². The smallest absolute Gasteiger partial charge is 0.233 e. The first-order valence-electron chi connectivity index (χ1n) is 6.92. The Balaban J connectivity index is 1.99. The number of hydrogen-bond acceptors (Lipinski definition) is 5. The van der Waals surface area contributed by atoms with Gasteiger partial charge in [-0.1, -0.05) is 13.8 Å². The fourth-order valence-electron chi connectivity index (χ4n) is 2.27. The SMILES string of the molecule is CCCNC(CC)c1nnc(C2COC(C)C2)o1. The van der Waals surface area contributed by atoms with Crippen molar-refractivity contribution in [3.05, 3.63) is 11.8 Å². The zero-order chi connectivity index (χ0) is 13.0. The van der Waals surface area contributed by atoms with Crippen LogP contribution in [-0.2, 0) is 4.74 Å². The Morgan fingerprint density at radius 2 is 2.22 bits per heavy atom. The summed E-state index contributed by atoms with van der Waals surface area (Å²) in [6, 6.07) is 0.172. The molecule has 1 aliphatic rings. The molecule has 102 valence electrons. The van der Waals surface area contributed by atoms with Crippen molar-refractivity contribution in [1.29, 1.82) is 0 Å². The van der Waals surface area contributed by atoms with Crippen molar-refractivity contribution in [2.75, 3.05) is 13.2 Å². The highest BCUT2D eigenvalue weighted by Crippen LogP contribution is 2.29. The van der Waals surface area contributed by atoms with E-state index in [0.717, 1.165) is 31.7 Å². The quantitative estimate of drug-likeness (QED) is 0.843. The molecule has 2 heterocycles. The molecule has 3 atom stereocenters. The Morgan fingerprint density at radius 1 is 1.39 bits per heavy atom. The van der Waals surface area contributed by atoms with Gasteiger partial charge in [0.25, 0.3) is 0 Å². The van der Waals surface area contributed by atoms with Crippen LogP contribution in [0.15, 0.2) is 4.42 Å². The van der Waals surface area contributed by atoms with Gasteiger partial charge in [-0.3, -0.25) is 0 Å². The highest BCUT2D eigenvalue weighted by molar-refractivity contribution is 4.97. The van der Waals surface area contributed by atoms with Gasteiger partial charge >= 0.3 is 0 Å². The molecule has 0 aromatic carbocycles. The molecule has 0 aliphatic carbocycles. The maximum Gasteiger partial charge on any atom is 0.233 e. The molecule has 1 saturated heterocycles. The first-order valence-corrected chi connectivity index (χ1v) is 6.92. The molecule has 5 nitrogen and oxygen atoms in total. The molecule has 0 radical (unpaired) electrons. The van der Waals surface area contributed by atoms with E-state index in [1.807, 2.05) is 0 Å². The summed E-state index contributed by atoms with van der Waals surface area (Å²) in [5.41, 5.74) is 0. The maximum atomic E-state index is 5.80. The topological polar surface area (TPSA) is 60.2 Å². The Hall–Kier alpha value is -0.940. The molecular weight excluding hydrogens is 230 g/mol. The number of rotatable bonds is 6. The van der Waals surface area contributed by atoms with Crippen molar-refractivity contribution < 1.29 is 9.15 Å². The maximum absolute atomic E-state index is 5.80. The third-order valence-electron chi connectivity index (χ3n) is 3.35. The van der Waals surface area contributed by atoms with Gasteiger partial charge < -0.3 is 14.5 Å². The summed E-state index contributed by atoms with van der Waals surface area (Å²) in [7, 11) is 0. The second-order valence-electron chi connectivity index (χ2n) is 4.97. The van der Waals surface area contributed by atoms with E-state index in [0.29, 0.717) is 18.6 Å². The second-order valence-corrected chi connectivity index (χ2v) is 4.97. The van der Waals surface area contributed by atoms with Crippen LogP contribution in [0.1, 0.15) is 63.8 Å². The lowest BCUT2D eigenvalue weighted by atomic mass is 10.1. The molecule has 1 N–H and O–H groups in total. The predicted molar refractivity (Wildman–Crippen MR) is 68.4 cm³/mol. The molecule has 0 spiro atoms. The highest BCUT2D eigenvalue weighted by Gasteiger charge is 2.29. The minimum Gasteiger partial charge on any atom is -0.423 e. The minimum atomic E-state index is 0.172. The Labute approximate surface area is 108 Å². The van der Waals surface area contributed by atoms with E-state index < -0.39 is 0 Å². The summed E-state index contributed by atoms with van der Waals surface area (Å²) < 4.78 is 11.3. The zero-order valence-corrected chi connectivity index (χ0v) is 11.5. The average Bonchev–Trinajstić information content (AvgIpc) is 2.99. The number of aromatic nitrogens is 2. The molecule has 18 heavy (non-hydrogen) atoms. The summed E-state index contributed by atoms with van der Waals surface area (Å²) in [6.45, 7) is 8.02. The number of nitrogens with one attached hydrogen (secondary N) is 1. The molecule has 1 aromatic heterocycles. The van der Waals surface area contributed by atoms with Crippen molar-refractivity contribution >= 4 is 0 Å². The normalized spacial score (nSPS) is 25.5. The summed E-state index contributed by atoms with van der Waals surface area (Å²) in [5, 5.41) is 11.8. The molecule has 1 fully saturated rings. The van der Waals surface area contributed by atoms with Crippen molar-refractivity contribution in [3.8, 4) is 0 Å². The van der Waals surface area contributed by atoms with Gasteiger partial charge in [0.15, 0.2) is 0 Å². The molecule has 0 bridgehead atoms. The van der Waals surface area contributed by atoms with Gasteiger partial charge in [-0.15, -0.1) is 10.2 Å². The third kappa shape index (κ3) is 3.09. The summed E-state index contributed by atoms with van der Waals surface area (Å²) in [5.74, 6) is 1.71. The van der Waals surface area contributed by atoms with Crippen LogP contribution < -0.4 is 5.32 Å². The number of hydrogen-bond donors (Lipinski definition) is 1. The van der Waals surface area contributed by atoms with Crippen LogP contribution in [0.5, 0.6) is 0 Å². The van der Waals surface area contributed by atoms with Crippen LogP contribution in [0.2, 0.25) is 0 Å². The van der Waals surface area contributed by atoms with E-state index in [2.05, 4.69) is 36.3 Å². The van der Waals surface area contributed by atoms with Crippen molar-refractivity contribution in [3.63, 3.8) is 0 Å². The summed E-state index contributed by atoms with van der Waals surface area (Å²) in [6.07, 6.45) is 3.33. The van der Waals surface area contributed by atoms with Crippen molar-refractivity contribution in [1.82, 2.24) is 15.5 Å². The molecule has 0 amide bonds. The van der Waals surface area contributed by atoms with Gasteiger partial charge in [0, 0.05) is 0 Å². The lowest BCUT2D eigenvalue weighted by Gasteiger charge is -2.11. The molecule has 2 rings (SSSR count). The molecule has 1 aliphatic heterocycles. The lowest BCUT2D eigenvalue weighted by Crippen LogP contribution is -2.21. The molecule has 3 unspecified atom stereocenters. The third-order valence-corrected chi connectivity index (χ3v) is 3.35. The van der Waals surface area contributed by atoms with E-state index in [1.165, 1.54) is 0 Å². The first-order chi connectivity index (χ1) is 8.74. The van der Waals surface area contributed by atoms with Crippen molar-refractivity contribution in [2.45, 2.75) is 58.1 Å². The summed E-state index contributed by atoms with van der Waals surface area (Å²) >= 11 is 0. The fraction of sp³-hybridized carbons (Fsp3) is 0.846.